The van der Waals surface area contributed by atoms with Crippen molar-refractivity contribution in [2.24, 2.45) is 15.3 Å². The van der Waals surface area contributed by atoms with E-state index < -0.39 is 0 Å². The molecule has 0 radical (unpaired) electrons. The summed E-state index contributed by atoms with van der Waals surface area (Å²) >= 11 is 0. The van der Waals surface area contributed by atoms with Crippen molar-refractivity contribution < 1.29 is 24.1 Å². The number of carbonyl (C=O) groups excluding carboxylic acids is 1. The SMILES string of the molecule is CCN(CCO)c1ccc(N=Nc2ccc(C(=O)NCCOCCOCCOCCN=[N+]=[N-])cc2)cc1. The van der Waals surface area contributed by atoms with Gasteiger partial charge in [-0.1, -0.05) is 5.11 Å². The quantitative estimate of drug-likeness (QED) is 0.125. The zero-order valence-electron chi connectivity index (χ0n) is 21.2. The highest BCUT2D eigenvalue weighted by Gasteiger charge is 2.05. The highest BCUT2D eigenvalue weighted by atomic mass is 16.5. The van der Waals surface area contributed by atoms with E-state index in [9.17, 15) is 4.79 Å². The molecule has 0 fully saturated rings. The molecule has 200 valence electrons. The smallest absolute Gasteiger partial charge is 0.251 e. The average molecular weight is 514 g/mol. The Hall–Kier alpha value is -3.54. The van der Waals surface area contributed by atoms with Gasteiger partial charge in [0, 0.05) is 42.3 Å². The van der Waals surface area contributed by atoms with E-state index in [1.54, 1.807) is 24.3 Å². The third kappa shape index (κ3) is 12.3. The van der Waals surface area contributed by atoms with Crippen LogP contribution in [0.5, 0.6) is 0 Å². The van der Waals surface area contributed by atoms with Crippen LogP contribution in [-0.2, 0) is 14.2 Å². The highest BCUT2D eigenvalue weighted by molar-refractivity contribution is 5.94. The number of hydrogen-bond acceptors (Lipinski definition) is 9. The van der Waals surface area contributed by atoms with Crippen LogP contribution < -0.4 is 10.2 Å². The minimum Gasteiger partial charge on any atom is -0.395 e. The fraction of sp³-hybridized carbons (Fsp3) is 0.480. The fourth-order valence-corrected chi connectivity index (χ4v) is 3.15. The van der Waals surface area contributed by atoms with Crippen LogP contribution in [0, 0.1) is 0 Å². The molecular formula is C25H35N7O5. The molecule has 2 aromatic carbocycles. The number of anilines is 1. The Morgan fingerprint density at radius 1 is 0.919 bits per heavy atom. The summed E-state index contributed by atoms with van der Waals surface area (Å²) in [6, 6.07) is 14.5. The summed E-state index contributed by atoms with van der Waals surface area (Å²) < 4.78 is 16.0. The largest absolute Gasteiger partial charge is 0.395 e. The summed E-state index contributed by atoms with van der Waals surface area (Å²) in [5.74, 6) is -0.194. The summed E-state index contributed by atoms with van der Waals surface area (Å²) in [4.78, 5) is 17.0. The van der Waals surface area contributed by atoms with Gasteiger partial charge in [0.1, 0.15) is 0 Å². The van der Waals surface area contributed by atoms with E-state index in [0.717, 1.165) is 12.2 Å². The molecule has 12 heteroatoms. The molecule has 0 saturated carbocycles. The molecule has 2 rings (SSSR count). The molecule has 2 N–H and O–H groups in total. The first-order valence-electron chi connectivity index (χ1n) is 12.2. The van der Waals surface area contributed by atoms with E-state index in [1.807, 2.05) is 31.2 Å². The lowest BCUT2D eigenvalue weighted by Crippen LogP contribution is -2.27. The van der Waals surface area contributed by atoms with Crippen molar-refractivity contribution in [3.8, 4) is 0 Å². The number of rotatable bonds is 19. The van der Waals surface area contributed by atoms with Crippen molar-refractivity contribution in [3.63, 3.8) is 0 Å². The van der Waals surface area contributed by atoms with Crippen molar-refractivity contribution in [1.82, 2.24) is 5.32 Å². The molecule has 2 aromatic rings. The number of nitrogens with zero attached hydrogens (tertiary/aromatic N) is 6. The maximum atomic E-state index is 12.3. The van der Waals surface area contributed by atoms with Gasteiger partial charge in [-0.15, -0.1) is 0 Å². The van der Waals surface area contributed by atoms with E-state index in [0.29, 0.717) is 76.2 Å². The molecule has 1 amide bonds. The van der Waals surface area contributed by atoms with Gasteiger partial charge in [-0.25, -0.2) is 0 Å². The Labute approximate surface area is 216 Å². The molecule has 0 saturated heterocycles. The Balaban J connectivity index is 1.61. The predicted octanol–water partition coefficient (Wildman–Crippen LogP) is 4.01. The number of ether oxygens (including phenoxy) is 3. The van der Waals surface area contributed by atoms with Crippen LogP contribution in [0.1, 0.15) is 17.3 Å². The summed E-state index contributed by atoms with van der Waals surface area (Å²) in [6.45, 7) is 6.66. The Bertz CT molecular complexity index is 980. The fourth-order valence-electron chi connectivity index (χ4n) is 3.15. The van der Waals surface area contributed by atoms with Gasteiger partial charge in [-0.3, -0.25) is 4.79 Å². The molecule has 0 aromatic heterocycles. The van der Waals surface area contributed by atoms with E-state index in [1.165, 1.54) is 0 Å². The number of hydrogen-bond donors (Lipinski definition) is 2. The number of nitrogens with one attached hydrogen (secondary N) is 1. The van der Waals surface area contributed by atoms with Crippen LogP contribution in [0.2, 0.25) is 0 Å². The van der Waals surface area contributed by atoms with Crippen LogP contribution >= 0.6 is 0 Å². The van der Waals surface area contributed by atoms with Crippen molar-refractivity contribution in [1.29, 1.82) is 0 Å². The molecule has 0 bridgehead atoms. The molecule has 37 heavy (non-hydrogen) atoms. The first kappa shape index (κ1) is 29.7. The normalized spacial score (nSPS) is 10.9. The third-order valence-electron chi connectivity index (χ3n) is 5.05. The van der Waals surface area contributed by atoms with Gasteiger partial charge in [0.25, 0.3) is 5.91 Å². The van der Waals surface area contributed by atoms with Crippen molar-refractivity contribution in [2.45, 2.75) is 6.92 Å². The first-order valence-corrected chi connectivity index (χ1v) is 12.2. The van der Waals surface area contributed by atoms with Gasteiger partial charge in [0.05, 0.1) is 57.6 Å². The number of likely N-dealkylation sites (N-methyl/N-ethyl adjacent to an activating group) is 1. The standard InChI is InChI=1S/C25H35N7O5/c1-2-32(13-14-33)24-9-7-23(8-10-24)30-29-22-5-3-21(4-6-22)25(34)27-11-15-35-17-19-37-20-18-36-16-12-28-31-26/h3-10,33H,2,11-20H2,1H3,(H,27,34). The molecule has 0 aliphatic carbocycles. The number of aliphatic hydroxyl groups is 1. The van der Waals surface area contributed by atoms with Gasteiger partial charge in [-0.05, 0) is 61.0 Å². The minimum absolute atomic E-state index is 0.105. The Morgan fingerprint density at radius 3 is 2.05 bits per heavy atom. The topological polar surface area (TPSA) is 154 Å². The molecule has 0 aliphatic rings. The second kappa shape index (κ2) is 18.7. The summed E-state index contributed by atoms with van der Waals surface area (Å²) in [7, 11) is 0. The van der Waals surface area contributed by atoms with Gasteiger partial charge in [0.2, 0.25) is 0 Å². The van der Waals surface area contributed by atoms with Crippen LogP contribution in [0.15, 0.2) is 63.9 Å². The molecule has 0 aliphatic heterocycles. The zero-order valence-corrected chi connectivity index (χ0v) is 21.2. The minimum atomic E-state index is -0.194. The number of amides is 1. The molecule has 0 unspecified atom stereocenters. The third-order valence-corrected chi connectivity index (χ3v) is 5.05. The lowest BCUT2D eigenvalue weighted by molar-refractivity contribution is 0.0166. The zero-order chi connectivity index (χ0) is 26.6. The Morgan fingerprint density at radius 2 is 1.49 bits per heavy atom. The van der Waals surface area contributed by atoms with E-state index in [4.69, 9.17) is 24.8 Å². The number of carbonyl (C=O) groups is 1. The van der Waals surface area contributed by atoms with Crippen molar-refractivity contribution >= 4 is 23.0 Å². The second-order valence-electron chi connectivity index (χ2n) is 7.61. The summed E-state index contributed by atoms with van der Waals surface area (Å²) in [5.41, 5.74) is 11.0. The van der Waals surface area contributed by atoms with E-state index in [-0.39, 0.29) is 12.5 Å². The lowest BCUT2D eigenvalue weighted by atomic mass is 10.2. The maximum Gasteiger partial charge on any atom is 0.251 e. The maximum absolute atomic E-state index is 12.3. The van der Waals surface area contributed by atoms with Crippen LogP contribution in [0.3, 0.4) is 0 Å². The number of benzene rings is 2. The monoisotopic (exact) mass is 513 g/mol. The van der Waals surface area contributed by atoms with Crippen LogP contribution in [0.4, 0.5) is 17.1 Å². The molecule has 0 heterocycles. The second-order valence-corrected chi connectivity index (χ2v) is 7.61. The van der Waals surface area contributed by atoms with Gasteiger partial charge < -0.3 is 29.5 Å². The first-order chi connectivity index (χ1) is 18.2. The predicted molar refractivity (Wildman–Crippen MR) is 141 cm³/mol. The molecular weight excluding hydrogens is 478 g/mol. The van der Waals surface area contributed by atoms with Crippen molar-refractivity contribution in [3.05, 3.63) is 64.5 Å². The Kier molecular flexibility index (Phi) is 15.0. The summed E-state index contributed by atoms with van der Waals surface area (Å²) in [5, 5.41) is 23.8. The van der Waals surface area contributed by atoms with Gasteiger partial charge in [-0.2, -0.15) is 10.2 Å². The van der Waals surface area contributed by atoms with E-state index in [2.05, 4.69) is 30.5 Å². The van der Waals surface area contributed by atoms with Gasteiger partial charge >= 0.3 is 0 Å². The number of azo groups is 1. The molecule has 0 spiro atoms. The average Bonchev–Trinajstić information content (AvgIpc) is 2.93. The van der Waals surface area contributed by atoms with Crippen LogP contribution in [-0.4, -0.2) is 83.4 Å². The highest BCUT2D eigenvalue weighted by Crippen LogP contribution is 2.22. The number of azide groups is 1. The molecule has 0 atom stereocenters. The molecule has 12 nitrogen and oxygen atoms in total. The van der Waals surface area contributed by atoms with Crippen molar-refractivity contribution in [2.75, 3.05) is 77.3 Å². The summed E-state index contributed by atoms with van der Waals surface area (Å²) in [6.07, 6.45) is 0. The van der Waals surface area contributed by atoms with Crippen LogP contribution in [0.25, 0.3) is 10.4 Å². The lowest BCUT2D eigenvalue weighted by Gasteiger charge is -2.21. The number of aliphatic hydroxyl groups excluding tert-OH is 1. The van der Waals surface area contributed by atoms with Gasteiger partial charge in [0.15, 0.2) is 0 Å². The van der Waals surface area contributed by atoms with E-state index >= 15 is 0 Å².